The molecule has 0 aliphatic heterocycles. The minimum atomic E-state index is 0.311. The molecule has 0 unspecified atom stereocenters. The van der Waals surface area contributed by atoms with Crippen LogP contribution in [0.4, 0.5) is 0 Å². The molecular weight excluding hydrogens is 136 g/mol. The van der Waals surface area contributed by atoms with Gasteiger partial charge in [0.15, 0.2) is 0 Å². The minimum absolute atomic E-state index is 0.311. The van der Waals surface area contributed by atoms with Gasteiger partial charge in [-0.3, -0.25) is 0 Å². The highest BCUT2D eigenvalue weighted by Crippen LogP contribution is 2.43. The second-order valence-corrected chi connectivity index (χ2v) is 4.10. The Morgan fingerprint density at radius 3 is 2.73 bits per heavy atom. The fraction of sp³-hybridized carbons (Fsp3) is 0.700. The van der Waals surface area contributed by atoms with Gasteiger partial charge in [0.25, 0.3) is 0 Å². The second kappa shape index (κ2) is 2.80. The Morgan fingerprint density at radius 1 is 1.73 bits per heavy atom. The fourth-order valence-corrected chi connectivity index (χ4v) is 1.93. The van der Waals surface area contributed by atoms with E-state index in [2.05, 4.69) is 26.8 Å². The van der Waals surface area contributed by atoms with Crippen LogP contribution >= 0.6 is 0 Å². The molecule has 0 amide bonds. The highest BCUT2D eigenvalue weighted by atomic mass is 16.1. The van der Waals surface area contributed by atoms with Crippen LogP contribution < -0.4 is 0 Å². The third-order valence-corrected chi connectivity index (χ3v) is 2.78. The van der Waals surface area contributed by atoms with Crippen LogP contribution in [0.15, 0.2) is 11.6 Å². The lowest BCUT2D eigenvalue weighted by Crippen LogP contribution is -2.19. The summed E-state index contributed by atoms with van der Waals surface area (Å²) in [4.78, 5) is 10.4. The number of carbonyl (C=O) groups is 1. The zero-order valence-electron chi connectivity index (χ0n) is 7.55. The van der Waals surface area contributed by atoms with Gasteiger partial charge in [-0.1, -0.05) is 25.5 Å². The van der Waals surface area contributed by atoms with Crippen molar-refractivity contribution in [3.05, 3.63) is 11.6 Å². The molecule has 0 bridgehead atoms. The number of carbonyl (C=O) groups excluding carboxylic acids is 1. The lowest BCUT2D eigenvalue weighted by Gasteiger charge is -2.27. The largest absolute Gasteiger partial charge is 0.303 e. The Bertz CT molecular complexity index is 189. The number of aldehydes is 1. The Morgan fingerprint density at radius 2 is 2.36 bits per heavy atom. The maximum atomic E-state index is 10.4. The summed E-state index contributed by atoms with van der Waals surface area (Å²) in [6.45, 7) is 6.59. The fourth-order valence-electron chi connectivity index (χ4n) is 1.93. The quantitative estimate of drug-likeness (QED) is 0.439. The van der Waals surface area contributed by atoms with Crippen LogP contribution in [0, 0.1) is 11.3 Å². The zero-order valence-corrected chi connectivity index (χ0v) is 7.55. The van der Waals surface area contributed by atoms with Crippen molar-refractivity contribution in [2.45, 2.75) is 33.6 Å². The summed E-state index contributed by atoms with van der Waals surface area (Å²) in [5.74, 6) is 0.486. The first-order valence-electron chi connectivity index (χ1n) is 4.18. The molecule has 1 rings (SSSR count). The van der Waals surface area contributed by atoms with Crippen LogP contribution in [0.2, 0.25) is 0 Å². The van der Waals surface area contributed by atoms with Crippen molar-refractivity contribution in [3.63, 3.8) is 0 Å². The third kappa shape index (κ3) is 1.52. The molecular formula is C10H16O. The molecule has 0 saturated heterocycles. The molecule has 0 radical (unpaired) electrons. The van der Waals surface area contributed by atoms with Gasteiger partial charge in [-0.05, 0) is 24.7 Å². The molecule has 0 aromatic rings. The highest BCUT2D eigenvalue weighted by Gasteiger charge is 2.33. The Labute approximate surface area is 68.5 Å². The Kier molecular flexibility index (Phi) is 2.17. The van der Waals surface area contributed by atoms with Crippen molar-refractivity contribution in [3.8, 4) is 0 Å². The van der Waals surface area contributed by atoms with Gasteiger partial charge in [0.05, 0.1) is 0 Å². The van der Waals surface area contributed by atoms with Gasteiger partial charge in [0.2, 0.25) is 0 Å². The first-order chi connectivity index (χ1) is 5.08. The number of hydrogen-bond acceptors (Lipinski definition) is 1. The molecule has 0 saturated carbocycles. The Hall–Kier alpha value is -0.590. The van der Waals surface area contributed by atoms with E-state index in [1.165, 1.54) is 5.57 Å². The smallest absolute Gasteiger partial charge is 0.120 e. The van der Waals surface area contributed by atoms with E-state index in [0.29, 0.717) is 17.8 Å². The van der Waals surface area contributed by atoms with Gasteiger partial charge < -0.3 is 4.79 Å². The summed E-state index contributed by atoms with van der Waals surface area (Å²) in [5.41, 5.74) is 1.70. The standard InChI is InChI=1S/C10H16O/c1-8-4-6-10(2,3)9(8)5-7-11/h4,7,9H,5-6H2,1-3H3/t9-/m0/s1. The van der Waals surface area contributed by atoms with Crippen molar-refractivity contribution in [1.29, 1.82) is 0 Å². The maximum Gasteiger partial charge on any atom is 0.120 e. The Balaban J connectivity index is 2.72. The predicted octanol–water partition coefficient (Wildman–Crippen LogP) is 2.57. The van der Waals surface area contributed by atoms with E-state index in [9.17, 15) is 4.79 Å². The van der Waals surface area contributed by atoms with E-state index in [0.717, 1.165) is 12.7 Å². The molecule has 0 spiro atoms. The first kappa shape index (κ1) is 8.51. The number of hydrogen-bond donors (Lipinski definition) is 0. The van der Waals surface area contributed by atoms with E-state index in [1.807, 2.05) is 0 Å². The van der Waals surface area contributed by atoms with Crippen LogP contribution in [0.1, 0.15) is 33.6 Å². The van der Waals surface area contributed by atoms with Gasteiger partial charge in [0, 0.05) is 6.42 Å². The van der Waals surface area contributed by atoms with Crippen molar-refractivity contribution in [1.82, 2.24) is 0 Å². The second-order valence-electron chi connectivity index (χ2n) is 4.10. The maximum absolute atomic E-state index is 10.4. The molecule has 62 valence electrons. The van der Waals surface area contributed by atoms with Crippen molar-refractivity contribution < 1.29 is 4.79 Å². The summed E-state index contributed by atoms with van der Waals surface area (Å²) in [6.07, 6.45) is 5.11. The van der Waals surface area contributed by atoms with Gasteiger partial charge in [-0.25, -0.2) is 0 Å². The molecule has 0 aromatic carbocycles. The van der Waals surface area contributed by atoms with Crippen LogP contribution in [-0.2, 0) is 4.79 Å². The SMILES string of the molecule is CC1=CCC(C)(C)[C@H]1CC=O. The molecule has 0 aromatic heterocycles. The van der Waals surface area contributed by atoms with Crippen molar-refractivity contribution >= 4 is 6.29 Å². The molecule has 11 heavy (non-hydrogen) atoms. The first-order valence-corrected chi connectivity index (χ1v) is 4.18. The van der Waals surface area contributed by atoms with E-state index >= 15 is 0 Å². The van der Waals surface area contributed by atoms with Crippen LogP contribution in [0.5, 0.6) is 0 Å². The molecule has 1 nitrogen and oxygen atoms in total. The summed E-state index contributed by atoms with van der Waals surface area (Å²) in [6, 6.07) is 0. The minimum Gasteiger partial charge on any atom is -0.303 e. The average molecular weight is 152 g/mol. The predicted molar refractivity (Wildman–Crippen MR) is 46.3 cm³/mol. The molecule has 1 atom stereocenters. The molecule has 0 N–H and O–H groups in total. The number of allylic oxidation sites excluding steroid dienone is 2. The van der Waals surface area contributed by atoms with E-state index in [1.54, 1.807) is 0 Å². The zero-order chi connectivity index (χ0) is 8.48. The van der Waals surface area contributed by atoms with Gasteiger partial charge in [-0.15, -0.1) is 0 Å². The average Bonchev–Trinajstić information content (AvgIpc) is 2.16. The molecule has 1 aliphatic rings. The van der Waals surface area contributed by atoms with Gasteiger partial charge in [-0.2, -0.15) is 0 Å². The summed E-state index contributed by atoms with van der Waals surface area (Å²) in [7, 11) is 0. The van der Waals surface area contributed by atoms with Gasteiger partial charge in [0.1, 0.15) is 6.29 Å². The molecule has 0 fully saturated rings. The summed E-state index contributed by atoms with van der Waals surface area (Å²) < 4.78 is 0. The van der Waals surface area contributed by atoms with Crippen LogP contribution in [0.25, 0.3) is 0 Å². The third-order valence-electron chi connectivity index (χ3n) is 2.78. The van der Waals surface area contributed by atoms with Gasteiger partial charge >= 0.3 is 0 Å². The lowest BCUT2D eigenvalue weighted by molar-refractivity contribution is -0.109. The van der Waals surface area contributed by atoms with Crippen molar-refractivity contribution in [2.75, 3.05) is 0 Å². The van der Waals surface area contributed by atoms with E-state index in [4.69, 9.17) is 0 Å². The lowest BCUT2D eigenvalue weighted by atomic mass is 9.77. The molecule has 1 aliphatic carbocycles. The van der Waals surface area contributed by atoms with E-state index in [-0.39, 0.29) is 0 Å². The van der Waals surface area contributed by atoms with Crippen molar-refractivity contribution in [2.24, 2.45) is 11.3 Å². The monoisotopic (exact) mass is 152 g/mol. The topological polar surface area (TPSA) is 17.1 Å². The highest BCUT2D eigenvalue weighted by molar-refractivity contribution is 5.51. The van der Waals surface area contributed by atoms with E-state index < -0.39 is 0 Å². The normalized spacial score (nSPS) is 28.3. The van der Waals surface area contributed by atoms with Crippen LogP contribution in [-0.4, -0.2) is 6.29 Å². The summed E-state index contributed by atoms with van der Waals surface area (Å²) in [5, 5.41) is 0. The number of rotatable bonds is 2. The summed E-state index contributed by atoms with van der Waals surface area (Å²) >= 11 is 0. The van der Waals surface area contributed by atoms with Crippen LogP contribution in [0.3, 0.4) is 0 Å². The molecule has 0 heterocycles. The molecule has 1 heteroatoms.